The average Bonchev–Trinajstić information content (AvgIpc) is 3.07. The summed E-state index contributed by atoms with van der Waals surface area (Å²) in [5.74, 6) is 0.897. The lowest BCUT2D eigenvalue weighted by Gasteiger charge is -2.16. The molecule has 0 unspecified atom stereocenters. The Labute approximate surface area is 127 Å². The minimum atomic E-state index is 0.0944. The summed E-state index contributed by atoms with van der Waals surface area (Å²) in [7, 11) is 0. The fraction of sp³-hybridized carbons (Fsp3) is 0.438. The van der Waals surface area contributed by atoms with Crippen LogP contribution < -0.4 is 4.90 Å². The number of anilines is 1. The van der Waals surface area contributed by atoms with E-state index in [4.69, 9.17) is 0 Å². The maximum absolute atomic E-state index is 12.8. The third-order valence-corrected chi connectivity index (χ3v) is 5.38. The molecule has 0 radical (unpaired) electrons. The lowest BCUT2D eigenvalue weighted by atomic mass is 10.2. The summed E-state index contributed by atoms with van der Waals surface area (Å²) in [4.78, 5) is 24.2. The molecule has 0 saturated heterocycles. The molecule has 2 aromatic rings. The van der Waals surface area contributed by atoms with Crippen LogP contribution in [0.25, 0.3) is 0 Å². The molecule has 0 N–H and O–H groups in total. The summed E-state index contributed by atoms with van der Waals surface area (Å²) in [5, 5.41) is 1.12. The van der Waals surface area contributed by atoms with Crippen molar-refractivity contribution in [3.8, 4) is 0 Å². The molecule has 0 aromatic carbocycles. The number of rotatable bonds is 3. The van der Waals surface area contributed by atoms with Crippen LogP contribution in [0.15, 0.2) is 18.5 Å². The highest BCUT2D eigenvalue weighted by Gasteiger charge is 2.29. The number of hydrogen-bond acceptors (Lipinski definition) is 4. The van der Waals surface area contributed by atoms with E-state index < -0.39 is 0 Å². The first-order chi connectivity index (χ1) is 10.2. The van der Waals surface area contributed by atoms with Crippen molar-refractivity contribution in [3.05, 3.63) is 39.6 Å². The molecule has 1 saturated carbocycles. The van der Waals surface area contributed by atoms with Crippen molar-refractivity contribution in [2.45, 2.75) is 32.6 Å². The van der Waals surface area contributed by atoms with Gasteiger partial charge in [-0.1, -0.05) is 0 Å². The van der Waals surface area contributed by atoms with Gasteiger partial charge in [-0.2, -0.15) is 0 Å². The number of nitrogens with zero attached hydrogens (tertiary/aromatic N) is 3. The summed E-state index contributed by atoms with van der Waals surface area (Å²) < 4.78 is 0. The van der Waals surface area contributed by atoms with E-state index in [-0.39, 0.29) is 5.91 Å². The van der Waals surface area contributed by atoms with Crippen LogP contribution in [0.5, 0.6) is 0 Å². The van der Waals surface area contributed by atoms with Crippen LogP contribution >= 0.6 is 11.3 Å². The number of carbonyl (C=O) groups is 1. The topological polar surface area (TPSA) is 46.1 Å². The fourth-order valence-corrected chi connectivity index (χ4v) is 4.00. The molecule has 0 spiro atoms. The highest BCUT2D eigenvalue weighted by molar-refractivity contribution is 7.14. The maximum atomic E-state index is 12.8. The van der Waals surface area contributed by atoms with Gasteiger partial charge in [0.1, 0.15) is 4.88 Å². The van der Waals surface area contributed by atoms with Crippen LogP contribution in [0.2, 0.25) is 0 Å². The lowest BCUT2D eigenvalue weighted by Crippen LogP contribution is -2.28. The van der Waals surface area contributed by atoms with E-state index in [1.165, 1.54) is 12.8 Å². The minimum Gasteiger partial charge on any atom is -0.307 e. The molecule has 1 amide bonds. The van der Waals surface area contributed by atoms with E-state index in [0.29, 0.717) is 0 Å². The predicted octanol–water partition coefficient (Wildman–Crippen LogP) is 3.00. The molecule has 3 heterocycles. The Hall–Kier alpha value is -1.75. The zero-order chi connectivity index (χ0) is 14.4. The summed E-state index contributed by atoms with van der Waals surface area (Å²) in [6, 6.07) is 1.93. The van der Waals surface area contributed by atoms with Gasteiger partial charge in [0.05, 0.1) is 16.4 Å². The van der Waals surface area contributed by atoms with Crippen LogP contribution in [-0.2, 0) is 12.8 Å². The Morgan fingerprint density at radius 2 is 2.33 bits per heavy atom. The molecule has 2 aromatic heterocycles. The third kappa shape index (κ3) is 2.35. The summed E-state index contributed by atoms with van der Waals surface area (Å²) in [6.07, 6.45) is 8.17. The molecular formula is C16H17N3OS. The Bertz CT molecular complexity index is 705. The molecule has 4 nitrogen and oxygen atoms in total. The van der Waals surface area contributed by atoms with Gasteiger partial charge in [-0.05, 0) is 43.7 Å². The predicted molar refractivity (Wildman–Crippen MR) is 82.9 cm³/mol. The van der Waals surface area contributed by atoms with E-state index in [2.05, 4.69) is 9.97 Å². The summed E-state index contributed by atoms with van der Waals surface area (Å²) in [5.41, 5.74) is 3.04. The number of hydrogen-bond donors (Lipinski definition) is 0. The van der Waals surface area contributed by atoms with Gasteiger partial charge in [0.25, 0.3) is 5.91 Å². The van der Waals surface area contributed by atoms with Gasteiger partial charge in [0, 0.05) is 25.4 Å². The molecule has 1 fully saturated rings. The molecule has 0 atom stereocenters. The maximum Gasteiger partial charge on any atom is 0.270 e. The third-order valence-electron chi connectivity index (χ3n) is 4.21. The summed E-state index contributed by atoms with van der Waals surface area (Å²) in [6.45, 7) is 2.69. The second kappa shape index (κ2) is 4.91. The van der Waals surface area contributed by atoms with Crippen LogP contribution in [-0.4, -0.2) is 22.4 Å². The Balaban J connectivity index is 1.61. The first kappa shape index (κ1) is 13.0. The van der Waals surface area contributed by atoms with Gasteiger partial charge in [0.2, 0.25) is 0 Å². The second-order valence-corrected chi connectivity index (χ2v) is 6.96. The smallest absolute Gasteiger partial charge is 0.270 e. The van der Waals surface area contributed by atoms with Crippen molar-refractivity contribution in [1.29, 1.82) is 0 Å². The Kier molecular flexibility index (Phi) is 3.03. The first-order valence-corrected chi connectivity index (χ1v) is 8.25. The average molecular weight is 299 g/mol. The van der Waals surface area contributed by atoms with Crippen LogP contribution in [0.4, 0.5) is 5.69 Å². The van der Waals surface area contributed by atoms with Crippen molar-refractivity contribution in [2.24, 2.45) is 5.92 Å². The molecule has 108 valence electrons. The van der Waals surface area contributed by atoms with Gasteiger partial charge in [-0.3, -0.25) is 9.78 Å². The van der Waals surface area contributed by atoms with E-state index in [1.807, 2.05) is 24.1 Å². The Morgan fingerprint density at radius 1 is 1.48 bits per heavy atom. The van der Waals surface area contributed by atoms with Crippen molar-refractivity contribution in [2.75, 3.05) is 11.4 Å². The molecule has 1 aliphatic heterocycles. The van der Waals surface area contributed by atoms with E-state index in [0.717, 1.165) is 52.1 Å². The zero-order valence-electron chi connectivity index (χ0n) is 12.0. The first-order valence-electron chi connectivity index (χ1n) is 7.43. The van der Waals surface area contributed by atoms with Crippen LogP contribution in [0.1, 0.15) is 38.8 Å². The second-order valence-electron chi connectivity index (χ2n) is 5.88. The number of pyridine rings is 1. The Morgan fingerprint density at radius 3 is 3.14 bits per heavy atom. The van der Waals surface area contributed by atoms with Gasteiger partial charge < -0.3 is 4.90 Å². The van der Waals surface area contributed by atoms with Gasteiger partial charge in [-0.25, -0.2) is 4.98 Å². The van der Waals surface area contributed by atoms with Crippen LogP contribution in [0, 0.1) is 12.8 Å². The highest BCUT2D eigenvalue weighted by Crippen LogP contribution is 2.35. The number of thiazole rings is 1. The standard InChI is InChI=1S/C16H17N3OS/c1-10-15(21-14(18-10)8-11-2-3-11)16(20)19-7-5-12-9-17-6-4-13(12)19/h4,6,9,11H,2-3,5,7-8H2,1H3. The van der Waals surface area contributed by atoms with Crippen molar-refractivity contribution in [1.82, 2.24) is 9.97 Å². The van der Waals surface area contributed by atoms with Crippen molar-refractivity contribution >= 4 is 22.9 Å². The molecule has 4 rings (SSSR count). The highest BCUT2D eigenvalue weighted by atomic mass is 32.1. The zero-order valence-corrected chi connectivity index (χ0v) is 12.8. The monoisotopic (exact) mass is 299 g/mol. The van der Waals surface area contributed by atoms with Crippen molar-refractivity contribution in [3.63, 3.8) is 0 Å². The fourth-order valence-electron chi connectivity index (χ4n) is 2.87. The van der Waals surface area contributed by atoms with E-state index in [9.17, 15) is 4.79 Å². The molecule has 1 aliphatic carbocycles. The van der Waals surface area contributed by atoms with Crippen molar-refractivity contribution < 1.29 is 4.79 Å². The lowest BCUT2D eigenvalue weighted by molar-refractivity contribution is 0.0992. The molecule has 2 aliphatic rings. The molecule has 5 heteroatoms. The number of amides is 1. The number of aryl methyl sites for hydroxylation is 1. The molecular weight excluding hydrogens is 282 g/mol. The van der Waals surface area contributed by atoms with E-state index in [1.54, 1.807) is 17.5 Å². The molecule has 21 heavy (non-hydrogen) atoms. The molecule has 0 bridgehead atoms. The quantitative estimate of drug-likeness (QED) is 0.875. The largest absolute Gasteiger partial charge is 0.307 e. The van der Waals surface area contributed by atoms with Gasteiger partial charge in [-0.15, -0.1) is 11.3 Å². The number of carbonyl (C=O) groups excluding carboxylic acids is 1. The number of aromatic nitrogens is 2. The van der Waals surface area contributed by atoms with Gasteiger partial charge in [0.15, 0.2) is 0 Å². The summed E-state index contributed by atoms with van der Waals surface area (Å²) >= 11 is 1.58. The number of fused-ring (bicyclic) bond motifs is 1. The van der Waals surface area contributed by atoms with E-state index >= 15 is 0 Å². The van der Waals surface area contributed by atoms with Crippen LogP contribution in [0.3, 0.4) is 0 Å². The SMILES string of the molecule is Cc1nc(CC2CC2)sc1C(=O)N1CCc2cnccc21. The minimum absolute atomic E-state index is 0.0944. The normalized spacial score (nSPS) is 17.1. The van der Waals surface area contributed by atoms with Gasteiger partial charge >= 0.3 is 0 Å².